The highest BCUT2D eigenvalue weighted by Crippen LogP contribution is 2.34. The van der Waals surface area contributed by atoms with Crippen LogP contribution < -0.4 is 14.8 Å². The molecule has 20 heavy (non-hydrogen) atoms. The second kappa shape index (κ2) is 6.40. The zero-order valence-electron chi connectivity index (χ0n) is 11.5. The van der Waals surface area contributed by atoms with Gasteiger partial charge in [0.15, 0.2) is 11.5 Å². The second-order valence-corrected chi connectivity index (χ2v) is 4.31. The van der Waals surface area contributed by atoms with Gasteiger partial charge in [-0.15, -0.1) is 0 Å². The van der Waals surface area contributed by atoms with E-state index < -0.39 is 6.10 Å². The van der Waals surface area contributed by atoms with E-state index >= 15 is 0 Å². The van der Waals surface area contributed by atoms with Gasteiger partial charge >= 0.3 is 0 Å². The Bertz CT molecular complexity index is 589. The molecule has 1 heterocycles. The summed E-state index contributed by atoms with van der Waals surface area (Å²) >= 11 is 0. The van der Waals surface area contributed by atoms with Crippen LogP contribution in [0.15, 0.2) is 24.4 Å². The van der Waals surface area contributed by atoms with Crippen LogP contribution >= 0.6 is 0 Å². The Hall–Kier alpha value is -2.05. The number of benzene rings is 1. The van der Waals surface area contributed by atoms with Crippen molar-refractivity contribution < 1.29 is 19.7 Å². The first kappa shape index (κ1) is 14.4. The number of anilines is 1. The highest BCUT2D eigenvalue weighted by molar-refractivity contribution is 5.94. The first-order valence-electron chi connectivity index (χ1n) is 6.23. The summed E-state index contributed by atoms with van der Waals surface area (Å²) in [5, 5.41) is 23.0. The van der Waals surface area contributed by atoms with Crippen LogP contribution in [0.25, 0.3) is 10.8 Å². The number of nitrogens with zero attached hydrogens (tertiary/aromatic N) is 1. The number of aromatic nitrogens is 1. The Kier molecular flexibility index (Phi) is 4.60. The van der Waals surface area contributed by atoms with Crippen LogP contribution in [0.3, 0.4) is 0 Å². The average Bonchev–Trinajstić information content (AvgIpc) is 2.50. The fourth-order valence-electron chi connectivity index (χ4n) is 1.92. The lowest BCUT2D eigenvalue weighted by atomic mass is 10.1. The summed E-state index contributed by atoms with van der Waals surface area (Å²) in [6.07, 6.45) is 0.842. The van der Waals surface area contributed by atoms with Crippen molar-refractivity contribution in [3.8, 4) is 11.5 Å². The summed E-state index contributed by atoms with van der Waals surface area (Å²) in [4.78, 5) is 4.24. The number of hydrogen-bond donors (Lipinski definition) is 3. The van der Waals surface area contributed by atoms with E-state index in [-0.39, 0.29) is 13.2 Å². The topological polar surface area (TPSA) is 83.8 Å². The van der Waals surface area contributed by atoms with Gasteiger partial charge in [0.05, 0.1) is 26.9 Å². The second-order valence-electron chi connectivity index (χ2n) is 4.31. The Morgan fingerprint density at radius 2 is 1.95 bits per heavy atom. The van der Waals surface area contributed by atoms with Crippen LogP contribution in [0.5, 0.6) is 11.5 Å². The molecular weight excluding hydrogens is 260 g/mol. The van der Waals surface area contributed by atoms with E-state index in [4.69, 9.17) is 14.6 Å². The first-order chi connectivity index (χ1) is 9.69. The van der Waals surface area contributed by atoms with E-state index in [0.29, 0.717) is 17.3 Å². The SMILES string of the molecule is COc1cc2ccnc(NCC(O)CO)c2cc1OC. The maximum absolute atomic E-state index is 9.39. The summed E-state index contributed by atoms with van der Waals surface area (Å²) in [5.74, 6) is 1.88. The van der Waals surface area contributed by atoms with Gasteiger partial charge in [0, 0.05) is 18.1 Å². The number of pyridine rings is 1. The number of methoxy groups -OCH3 is 2. The quantitative estimate of drug-likeness (QED) is 0.731. The van der Waals surface area contributed by atoms with Crippen molar-refractivity contribution in [2.45, 2.75) is 6.10 Å². The third-order valence-corrected chi connectivity index (χ3v) is 2.98. The summed E-state index contributed by atoms with van der Waals surface area (Å²) in [6.45, 7) is -0.0775. The lowest BCUT2D eigenvalue weighted by Gasteiger charge is -2.13. The van der Waals surface area contributed by atoms with Crippen molar-refractivity contribution in [2.75, 3.05) is 32.7 Å². The molecule has 108 valence electrons. The van der Waals surface area contributed by atoms with E-state index in [2.05, 4.69) is 10.3 Å². The fraction of sp³-hybridized carbons (Fsp3) is 0.357. The lowest BCUT2D eigenvalue weighted by molar-refractivity contribution is 0.105. The minimum Gasteiger partial charge on any atom is -0.493 e. The van der Waals surface area contributed by atoms with Crippen molar-refractivity contribution in [1.29, 1.82) is 0 Å². The first-order valence-corrected chi connectivity index (χ1v) is 6.23. The van der Waals surface area contributed by atoms with Crippen LogP contribution in [0.4, 0.5) is 5.82 Å². The molecule has 0 aliphatic rings. The van der Waals surface area contributed by atoms with Crippen molar-refractivity contribution in [3.63, 3.8) is 0 Å². The van der Waals surface area contributed by atoms with Gasteiger partial charge in [0.2, 0.25) is 0 Å². The Balaban J connectivity index is 2.40. The van der Waals surface area contributed by atoms with Crippen molar-refractivity contribution >= 4 is 16.6 Å². The summed E-state index contributed by atoms with van der Waals surface area (Å²) < 4.78 is 10.5. The van der Waals surface area contributed by atoms with Gasteiger partial charge in [0.1, 0.15) is 5.82 Å². The van der Waals surface area contributed by atoms with Crippen molar-refractivity contribution in [3.05, 3.63) is 24.4 Å². The molecule has 1 aromatic heterocycles. The molecular formula is C14H18N2O4. The van der Waals surface area contributed by atoms with Gasteiger partial charge in [-0.1, -0.05) is 0 Å². The van der Waals surface area contributed by atoms with E-state index in [1.54, 1.807) is 20.4 Å². The van der Waals surface area contributed by atoms with Gasteiger partial charge in [-0.05, 0) is 23.6 Å². The number of nitrogens with one attached hydrogen (secondary N) is 1. The molecule has 1 unspecified atom stereocenters. The van der Waals surface area contributed by atoms with E-state index in [1.807, 2.05) is 18.2 Å². The fourth-order valence-corrected chi connectivity index (χ4v) is 1.92. The third kappa shape index (κ3) is 2.92. The number of rotatable bonds is 6. The molecule has 0 spiro atoms. The smallest absolute Gasteiger partial charge is 0.161 e. The molecule has 0 aliphatic carbocycles. The van der Waals surface area contributed by atoms with Crippen LogP contribution in [0.1, 0.15) is 0 Å². The minimum atomic E-state index is -0.827. The van der Waals surface area contributed by atoms with Gasteiger partial charge in [0.25, 0.3) is 0 Å². The molecule has 3 N–H and O–H groups in total. The average molecular weight is 278 g/mol. The number of aliphatic hydroxyl groups excluding tert-OH is 2. The van der Waals surface area contributed by atoms with Gasteiger partial charge in [-0.2, -0.15) is 0 Å². The molecule has 0 radical (unpaired) electrons. The van der Waals surface area contributed by atoms with Crippen LogP contribution in [-0.2, 0) is 0 Å². The monoisotopic (exact) mass is 278 g/mol. The summed E-state index contributed by atoms with van der Waals surface area (Å²) in [6, 6.07) is 5.56. The van der Waals surface area contributed by atoms with E-state index in [0.717, 1.165) is 10.8 Å². The molecule has 2 aromatic rings. The van der Waals surface area contributed by atoms with Crippen molar-refractivity contribution in [2.24, 2.45) is 0 Å². The number of fused-ring (bicyclic) bond motifs is 1. The summed E-state index contributed by atoms with van der Waals surface area (Å²) in [5.41, 5.74) is 0. The maximum Gasteiger partial charge on any atom is 0.161 e. The number of ether oxygens (including phenoxy) is 2. The predicted molar refractivity (Wildman–Crippen MR) is 76.4 cm³/mol. The Labute approximate surface area is 117 Å². The molecule has 0 bridgehead atoms. The lowest BCUT2D eigenvalue weighted by Crippen LogP contribution is -2.23. The maximum atomic E-state index is 9.39. The number of aliphatic hydroxyl groups is 2. The van der Waals surface area contributed by atoms with Crippen LogP contribution in [-0.4, -0.2) is 48.7 Å². The zero-order valence-corrected chi connectivity index (χ0v) is 11.5. The molecule has 1 atom stereocenters. The van der Waals surface area contributed by atoms with Gasteiger partial charge in [-0.25, -0.2) is 4.98 Å². The van der Waals surface area contributed by atoms with Crippen LogP contribution in [0.2, 0.25) is 0 Å². The molecule has 0 saturated carbocycles. The van der Waals surface area contributed by atoms with E-state index in [1.165, 1.54) is 0 Å². The molecule has 0 amide bonds. The van der Waals surface area contributed by atoms with Crippen molar-refractivity contribution in [1.82, 2.24) is 4.98 Å². The standard InChI is InChI=1S/C14H18N2O4/c1-19-12-5-9-3-4-15-14(16-7-10(18)8-17)11(9)6-13(12)20-2/h3-6,10,17-18H,7-8H2,1-2H3,(H,15,16). The van der Waals surface area contributed by atoms with Gasteiger partial charge in [-0.3, -0.25) is 0 Å². The Morgan fingerprint density at radius 1 is 1.25 bits per heavy atom. The molecule has 6 nitrogen and oxygen atoms in total. The molecule has 1 aromatic carbocycles. The molecule has 6 heteroatoms. The van der Waals surface area contributed by atoms with Crippen LogP contribution in [0, 0.1) is 0 Å². The molecule has 0 aliphatic heterocycles. The van der Waals surface area contributed by atoms with E-state index in [9.17, 15) is 5.11 Å². The van der Waals surface area contributed by atoms with Gasteiger partial charge < -0.3 is 25.0 Å². The highest BCUT2D eigenvalue weighted by atomic mass is 16.5. The summed E-state index contributed by atoms with van der Waals surface area (Å²) in [7, 11) is 3.16. The normalized spacial score (nSPS) is 12.2. The number of hydrogen-bond acceptors (Lipinski definition) is 6. The molecule has 2 rings (SSSR count). The molecule has 0 fully saturated rings. The largest absolute Gasteiger partial charge is 0.493 e. The highest BCUT2D eigenvalue weighted by Gasteiger charge is 2.10. The predicted octanol–water partition coefficient (Wildman–Crippen LogP) is 1.02. The zero-order chi connectivity index (χ0) is 14.5. The minimum absolute atomic E-state index is 0.219. The Morgan fingerprint density at radius 3 is 2.60 bits per heavy atom. The molecule has 0 saturated heterocycles. The third-order valence-electron chi connectivity index (χ3n) is 2.98.